The lowest BCUT2D eigenvalue weighted by Gasteiger charge is -2.13. The van der Waals surface area contributed by atoms with Gasteiger partial charge in [0.15, 0.2) is 5.13 Å². The van der Waals surface area contributed by atoms with Gasteiger partial charge in [0.2, 0.25) is 0 Å². The number of carbonyl (C=O) groups is 1. The maximum Gasteiger partial charge on any atom is 0.258 e. The Morgan fingerprint density at radius 3 is 2.47 bits per heavy atom. The number of carbonyl (C=O) groups excluding carboxylic acids is 1. The predicted octanol–water partition coefficient (Wildman–Crippen LogP) is 7.81. The van der Waals surface area contributed by atoms with Crippen molar-refractivity contribution in [1.29, 1.82) is 0 Å². The molecule has 0 aliphatic heterocycles. The highest BCUT2D eigenvalue weighted by Gasteiger charge is 2.18. The van der Waals surface area contributed by atoms with Crippen molar-refractivity contribution in [2.24, 2.45) is 0 Å². The van der Waals surface area contributed by atoms with Crippen LogP contribution in [0.1, 0.15) is 42.1 Å². The fourth-order valence-electron chi connectivity index (χ4n) is 4.36. The number of hydrogen-bond acceptors (Lipinski definition) is 6. The molecule has 0 aliphatic carbocycles. The van der Waals surface area contributed by atoms with Crippen molar-refractivity contribution in [3.63, 3.8) is 0 Å². The van der Waals surface area contributed by atoms with Gasteiger partial charge in [0.25, 0.3) is 5.91 Å². The van der Waals surface area contributed by atoms with Gasteiger partial charge in [-0.2, -0.15) is 0 Å². The summed E-state index contributed by atoms with van der Waals surface area (Å²) in [6.45, 7) is 4.42. The molecule has 0 saturated carbocycles. The highest BCUT2D eigenvalue weighted by molar-refractivity contribution is 7.14. The van der Waals surface area contributed by atoms with Crippen LogP contribution in [0.25, 0.3) is 33.4 Å². The van der Waals surface area contributed by atoms with Crippen molar-refractivity contribution in [2.75, 3.05) is 19.5 Å². The van der Waals surface area contributed by atoms with Gasteiger partial charge in [-0.25, -0.2) is 9.97 Å². The number of amides is 1. The van der Waals surface area contributed by atoms with Gasteiger partial charge < -0.3 is 9.47 Å². The molecule has 0 bridgehead atoms. The minimum absolute atomic E-state index is 0.245. The van der Waals surface area contributed by atoms with Crippen LogP contribution in [0, 0.1) is 0 Å². The fraction of sp³-hybridized carbons (Fsp3) is 0.194. The topological polar surface area (TPSA) is 73.3 Å². The lowest BCUT2D eigenvalue weighted by atomic mass is 9.97. The van der Waals surface area contributed by atoms with Crippen molar-refractivity contribution >= 4 is 33.3 Å². The van der Waals surface area contributed by atoms with Crippen LogP contribution in [-0.2, 0) is 0 Å². The number of nitrogens with zero attached hydrogens (tertiary/aromatic N) is 2. The molecule has 0 radical (unpaired) electrons. The Bertz CT molecular complexity index is 1590. The molecule has 6 nitrogen and oxygen atoms in total. The minimum atomic E-state index is -0.245. The lowest BCUT2D eigenvalue weighted by molar-refractivity contribution is 0.102. The first-order valence-electron chi connectivity index (χ1n) is 12.5. The average Bonchev–Trinajstić information content (AvgIpc) is 3.44. The SMILES string of the molecule is CCC(C)c1ccc(-c2csc(NC(=O)c3cc(-c4ccc(OC)cc4OC)nc4ccccc34)n2)cc1. The number of hydrogen-bond donors (Lipinski definition) is 1. The number of fused-ring (bicyclic) bond motifs is 1. The van der Waals surface area contributed by atoms with E-state index in [-0.39, 0.29) is 5.91 Å². The molecule has 2 aromatic heterocycles. The number of anilines is 1. The molecule has 0 fully saturated rings. The zero-order valence-electron chi connectivity index (χ0n) is 21.8. The predicted molar refractivity (Wildman–Crippen MR) is 154 cm³/mol. The molecule has 2 heterocycles. The van der Waals surface area contributed by atoms with Crippen LogP contribution in [0.15, 0.2) is 78.2 Å². The first-order chi connectivity index (χ1) is 18.5. The van der Waals surface area contributed by atoms with Crippen molar-refractivity contribution < 1.29 is 14.3 Å². The van der Waals surface area contributed by atoms with Gasteiger partial charge >= 0.3 is 0 Å². The quantitative estimate of drug-likeness (QED) is 0.225. The molecule has 1 amide bonds. The summed E-state index contributed by atoms with van der Waals surface area (Å²) in [6.07, 6.45) is 1.10. The first-order valence-corrected chi connectivity index (χ1v) is 13.4. The summed E-state index contributed by atoms with van der Waals surface area (Å²) in [5, 5.41) is 6.26. The molecule has 0 spiro atoms. The fourth-order valence-corrected chi connectivity index (χ4v) is 5.07. The summed E-state index contributed by atoms with van der Waals surface area (Å²) >= 11 is 1.41. The summed E-state index contributed by atoms with van der Waals surface area (Å²) in [5.41, 5.74) is 5.81. The number of rotatable bonds is 8. The van der Waals surface area contributed by atoms with Crippen LogP contribution < -0.4 is 14.8 Å². The van der Waals surface area contributed by atoms with Gasteiger partial charge in [0.1, 0.15) is 11.5 Å². The van der Waals surface area contributed by atoms with E-state index in [0.29, 0.717) is 39.3 Å². The Kier molecular flexibility index (Phi) is 7.38. The standard InChI is InChI=1S/C31H29N3O3S/c1-5-19(2)20-10-12-21(13-11-20)28-18-38-31(33-28)34-30(35)25-17-27(32-26-9-7-6-8-23(25)26)24-15-14-22(36-3)16-29(24)37-4/h6-19H,5H2,1-4H3,(H,33,34,35). The number of ether oxygens (including phenoxy) is 2. The molecule has 1 unspecified atom stereocenters. The molecule has 5 aromatic rings. The van der Waals surface area contributed by atoms with Crippen LogP contribution in [-0.4, -0.2) is 30.1 Å². The van der Waals surface area contributed by atoms with E-state index in [1.165, 1.54) is 16.9 Å². The van der Waals surface area contributed by atoms with Gasteiger partial charge in [-0.3, -0.25) is 10.1 Å². The molecule has 7 heteroatoms. The number of pyridine rings is 1. The molecular formula is C31H29N3O3S. The van der Waals surface area contributed by atoms with Crippen molar-refractivity contribution in [2.45, 2.75) is 26.2 Å². The van der Waals surface area contributed by atoms with Gasteiger partial charge in [0, 0.05) is 28.0 Å². The highest BCUT2D eigenvalue weighted by Crippen LogP contribution is 2.35. The Labute approximate surface area is 226 Å². The van der Waals surface area contributed by atoms with Gasteiger partial charge in [-0.05, 0) is 42.2 Å². The molecule has 0 aliphatic rings. The molecule has 1 N–H and O–H groups in total. The number of thiazole rings is 1. The van der Waals surface area contributed by atoms with E-state index in [1.54, 1.807) is 26.4 Å². The van der Waals surface area contributed by atoms with E-state index in [9.17, 15) is 4.79 Å². The number of benzene rings is 3. The number of para-hydroxylation sites is 1. The normalized spacial score (nSPS) is 11.8. The maximum atomic E-state index is 13.5. The Hall–Kier alpha value is -4.23. The number of nitrogens with one attached hydrogen (secondary N) is 1. The van der Waals surface area contributed by atoms with E-state index in [1.807, 2.05) is 41.8 Å². The summed E-state index contributed by atoms with van der Waals surface area (Å²) < 4.78 is 10.9. The minimum Gasteiger partial charge on any atom is -0.497 e. The third-order valence-corrected chi connectivity index (χ3v) is 7.52. The van der Waals surface area contributed by atoms with Crippen molar-refractivity contribution in [3.8, 4) is 34.0 Å². The third-order valence-electron chi connectivity index (χ3n) is 6.76. The molecule has 0 saturated heterocycles. The second kappa shape index (κ2) is 11.0. The molecule has 1 atom stereocenters. The lowest BCUT2D eigenvalue weighted by Crippen LogP contribution is -2.13. The zero-order chi connectivity index (χ0) is 26.6. The monoisotopic (exact) mass is 523 g/mol. The largest absolute Gasteiger partial charge is 0.497 e. The number of aromatic nitrogens is 2. The van der Waals surface area contributed by atoms with Crippen LogP contribution in [0.5, 0.6) is 11.5 Å². The van der Waals surface area contributed by atoms with E-state index < -0.39 is 0 Å². The Morgan fingerprint density at radius 1 is 0.947 bits per heavy atom. The van der Waals surface area contributed by atoms with E-state index >= 15 is 0 Å². The molecule has 5 rings (SSSR count). The summed E-state index contributed by atoms with van der Waals surface area (Å²) in [6, 6.07) is 23.4. The Balaban J connectivity index is 1.46. The average molecular weight is 524 g/mol. The second-order valence-corrected chi connectivity index (χ2v) is 9.92. The van der Waals surface area contributed by atoms with Gasteiger partial charge in [-0.1, -0.05) is 56.3 Å². The smallest absolute Gasteiger partial charge is 0.258 e. The van der Waals surface area contributed by atoms with Crippen molar-refractivity contribution in [1.82, 2.24) is 9.97 Å². The van der Waals surface area contributed by atoms with Gasteiger partial charge in [-0.15, -0.1) is 11.3 Å². The van der Waals surface area contributed by atoms with E-state index in [2.05, 4.69) is 48.4 Å². The first kappa shape index (κ1) is 25.4. The highest BCUT2D eigenvalue weighted by atomic mass is 32.1. The van der Waals surface area contributed by atoms with Crippen LogP contribution in [0.2, 0.25) is 0 Å². The van der Waals surface area contributed by atoms with Crippen LogP contribution in [0.3, 0.4) is 0 Å². The van der Waals surface area contributed by atoms with Gasteiger partial charge in [0.05, 0.1) is 36.7 Å². The summed E-state index contributed by atoms with van der Waals surface area (Å²) in [7, 11) is 3.21. The molecule has 3 aromatic carbocycles. The zero-order valence-corrected chi connectivity index (χ0v) is 22.6. The maximum absolute atomic E-state index is 13.5. The van der Waals surface area contributed by atoms with E-state index in [4.69, 9.17) is 14.5 Å². The molecule has 38 heavy (non-hydrogen) atoms. The second-order valence-electron chi connectivity index (χ2n) is 9.06. The van der Waals surface area contributed by atoms with Crippen LogP contribution in [0.4, 0.5) is 5.13 Å². The number of methoxy groups -OCH3 is 2. The third kappa shape index (κ3) is 5.10. The van der Waals surface area contributed by atoms with Crippen molar-refractivity contribution in [3.05, 3.63) is 89.3 Å². The summed E-state index contributed by atoms with van der Waals surface area (Å²) in [5.74, 6) is 1.57. The Morgan fingerprint density at radius 2 is 1.74 bits per heavy atom. The van der Waals surface area contributed by atoms with E-state index in [0.717, 1.165) is 28.6 Å². The van der Waals surface area contributed by atoms with Crippen LogP contribution >= 0.6 is 11.3 Å². The summed E-state index contributed by atoms with van der Waals surface area (Å²) in [4.78, 5) is 23.0. The molecule has 192 valence electrons. The molecular weight excluding hydrogens is 494 g/mol.